The summed E-state index contributed by atoms with van der Waals surface area (Å²) in [6.45, 7) is 6.34. The molecular formula is C24H29ClO4. The summed E-state index contributed by atoms with van der Waals surface area (Å²) in [5.41, 5.74) is 2.42. The van der Waals surface area contributed by atoms with E-state index in [1.165, 1.54) is 0 Å². The topological polar surface area (TPSA) is 52.6 Å². The molecule has 0 amide bonds. The molecule has 0 fully saturated rings. The van der Waals surface area contributed by atoms with Gasteiger partial charge in [-0.05, 0) is 47.7 Å². The number of hydrogen-bond acceptors (Lipinski definition) is 4. The van der Waals surface area contributed by atoms with E-state index >= 15 is 0 Å². The number of alkyl halides is 1. The van der Waals surface area contributed by atoms with Crippen LogP contribution in [0.25, 0.3) is 11.1 Å². The maximum Gasteiger partial charge on any atom is 0.338 e. The molecule has 2 rings (SSSR count). The van der Waals surface area contributed by atoms with Gasteiger partial charge in [-0.3, -0.25) is 4.79 Å². The average molecular weight is 417 g/mol. The van der Waals surface area contributed by atoms with Crippen LogP contribution in [0.4, 0.5) is 0 Å². The molecule has 0 heterocycles. The number of rotatable bonds is 10. The molecule has 0 saturated carbocycles. The van der Waals surface area contributed by atoms with Crippen molar-refractivity contribution in [3.8, 4) is 16.9 Å². The number of benzene rings is 2. The quantitative estimate of drug-likeness (QED) is 0.260. The summed E-state index contributed by atoms with van der Waals surface area (Å²) in [4.78, 5) is 23.9. The molecule has 0 N–H and O–H groups in total. The molecule has 29 heavy (non-hydrogen) atoms. The minimum absolute atomic E-state index is 0.183. The molecule has 0 aliphatic carbocycles. The van der Waals surface area contributed by atoms with Gasteiger partial charge in [0, 0.05) is 6.42 Å². The van der Waals surface area contributed by atoms with Crippen LogP contribution in [0.2, 0.25) is 0 Å². The predicted octanol–water partition coefficient (Wildman–Crippen LogP) is 6.26. The molecule has 0 aliphatic rings. The van der Waals surface area contributed by atoms with Crippen LogP contribution in [0, 0.1) is 5.92 Å². The maximum atomic E-state index is 12.2. The van der Waals surface area contributed by atoms with Gasteiger partial charge in [-0.25, -0.2) is 4.79 Å². The van der Waals surface area contributed by atoms with Crippen LogP contribution in [0.15, 0.2) is 48.5 Å². The van der Waals surface area contributed by atoms with Crippen molar-refractivity contribution in [2.75, 3.05) is 6.61 Å². The first-order valence-electron chi connectivity index (χ1n) is 10.2. The Balaban J connectivity index is 1.94. The van der Waals surface area contributed by atoms with Gasteiger partial charge >= 0.3 is 11.9 Å². The van der Waals surface area contributed by atoms with E-state index in [1.807, 2.05) is 38.1 Å². The van der Waals surface area contributed by atoms with Crippen molar-refractivity contribution in [3.05, 3.63) is 54.1 Å². The third kappa shape index (κ3) is 7.21. The number of carbonyl (C=O) groups excluding carboxylic acids is 2. The summed E-state index contributed by atoms with van der Waals surface area (Å²) < 4.78 is 10.6. The number of hydrogen-bond donors (Lipinski definition) is 0. The normalized spacial score (nSPS) is 12.8. The van der Waals surface area contributed by atoms with Gasteiger partial charge in [-0.15, -0.1) is 11.6 Å². The van der Waals surface area contributed by atoms with Crippen LogP contribution in [-0.4, -0.2) is 23.9 Å². The molecule has 2 unspecified atom stereocenters. The van der Waals surface area contributed by atoms with Crippen molar-refractivity contribution < 1.29 is 19.1 Å². The van der Waals surface area contributed by atoms with Gasteiger partial charge in [0.2, 0.25) is 0 Å². The molecule has 0 aromatic heterocycles. The van der Waals surface area contributed by atoms with Crippen LogP contribution in [0.1, 0.15) is 56.8 Å². The smallest absolute Gasteiger partial charge is 0.338 e. The number of ether oxygens (including phenoxy) is 2. The van der Waals surface area contributed by atoms with Gasteiger partial charge in [0.05, 0.1) is 10.9 Å². The zero-order valence-electron chi connectivity index (χ0n) is 17.3. The molecule has 5 heteroatoms. The lowest BCUT2D eigenvalue weighted by atomic mass is 10.0. The van der Waals surface area contributed by atoms with Gasteiger partial charge in [0.25, 0.3) is 0 Å². The van der Waals surface area contributed by atoms with E-state index in [0.29, 0.717) is 23.7 Å². The third-order valence-corrected chi connectivity index (χ3v) is 5.47. The van der Waals surface area contributed by atoms with Gasteiger partial charge in [-0.2, -0.15) is 0 Å². The first-order chi connectivity index (χ1) is 13.9. The minimum Gasteiger partial charge on any atom is -0.461 e. The highest BCUT2D eigenvalue weighted by Crippen LogP contribution is 2.23. The van der Waals surface area contributed by atoms with Crippen LogP contribution < -0.4 is 4.74 Å². The molecule has 4 nitrogen and oxygen atoms in total. The van der Waals surface area contributed by atoms with Gasteiger partial charge in [0.15, 0.2) is 0 Å². The van der Waals surface area contributed by atoms with E-state index < -0.39 is 0 Å². The second-order valence-electron chi connectivity index (χ2n) is 7.18. The van der Waals surface area contributed by atoms with Gasteiger partial charge in [0.1, 0.15) is 12.4 Å². The second kappa shape index (κ2) is 11.6. The van der Waals surface area contributed by atoms with Crippen molar-refractivity contribution in [1.29, 1.82) is 0 Å². The maximum absolute atomic E-state index is 12.2. The number of esters is 2. The van der Waals surface area contributed by atoms with Crippen molar-refractivity contribution >= 4 is 23.5 Å². The van der Waals surface area contributed by atoms with E-state index in [9.17, 15) is 9.59 Å². The highest BCUT2D eigenvalue weighted by Gasteiger charge is 2.16. The van der Waals surface area contributed by atoms with E-state index in [2.05, 4.69) is 6.92 Å². The number of halogens is 1. The summed E-state index contributed by atoms with van der Waals surface area (Å²) in [5.74, 6) is 0.238. The highest BCUT2D eigenvalue weighted by atomic mass is 35.5. The lowest BCUT2D eigenvalue weighted by Crippen LogP contribution is -2.20. The Hall–Kier alpha value is -2.33. The molecule has 156 valence electrons. The molecule has 0 saturated heterocycles. The first kappa shape index (κ1) is 23.0. The zero-order valence-corrected chi connectivity index (χ0v) is 18.1. The molecule has 0 bridgehead atoms. The Bertz CT molecular complexity index is 784. The summed E-state index contributed by atoms with van der Waals surface area (Å²) in [5, 5.41) is -0.183. The lowest BCUT2D eigenvalue weighted by molar-refractivity contribution is -0.134. The van der Waals surface area contributed by atoms with Crippen molar-refractivity contribution in [2.45, 2.75) is 51.8 Å². The Morgan fingerprint density at radius 2 is 1.55 bits per heavy atom. The summed E-state index contributed by atoms with van der Waals surface area (Å²) in [6.07, 6.45) is 3.16. The van der Waals surface area contributed by atoms with Crippen LogP contribution in [0.3, 0.4) is 0 Å². The summed E-state index contributed by atoms with van der Waals surface area (Å²) in [7, 11) is 0. The summed E-state index contributed by atoms with van der Waals surface area (Å²) >= 11 is 6.23. The van der Waals surface area contributed by atoms with Gasteiger partial charge in [-0.1, -0.05) is 57.9 Å². The Morgan fingerprint density at radius 1 is 0.966 bits per heavy atom. The van der Waals surface area contributed by atoms with Crippen molar-refractivity contribution in [1.82, 2.24) is 0 Å². The fourth-order valence-corrected chi connectivity index (χ4v) is 2.92. The monoisotopic (exact) mass is 416 g/mol. The largest absolute Gasteiger partial charge is 0.461 e. The molecule has 2 atom stereocenters. The lowest BCUT2D eigenvalue weighted by Gasteiger charge is -2.16. The molecule has 2 aromatic carbocycles. The average Bonchev–Trinajstić information content (AvgIpc) is 2.75. The standard InChI is InChI=1S/C24H29ClO4/c1-4-6-7-23(26)29-21-14-12-19(13-15-21)18-8-10-20(11-9-18)24(27)28-16-22(25)17(3)5-2/h8-15,17,22H,4-7,16H2,1-3H3. The van der Waals surface area contributed by atoms with Crippen LogP contribution in [-0.2, 0) is 9.53 Å². The number of unbranched alkanes of at least 4 members (excludes halogenated alkanes) is 1. The Kier molecular flexibility index (Phi) is 9.20. The van der Waals surface area contributed by atoms with Crippen molar-refractivity contribution in [2.24, 2.45) is 5.92 Å². The van der Waals surface area contributed by atoms with Gasteiger partial charge < -0.3 is 9.47 Å². The molecule has 0 aliphatic heterocycles. The first-order valence-corrected chi connectivity index (χ1v) is 10.6. The predicted molar refractivity (Wildman–Crippen MR) is 116 cm³/mol. The highest BCUT2D eigenvalue weighted by molar-refractivity contribution is 6.21. The Morgan fingerprint density at radius 3 is 2.10 bits per heavy atom. The second-order valence-corrected chi connectivity index (χ2v) is 7.74. The zero-order chi connectivity index (χ0) is 21.2. The van der Waals surface area contributed by atoms with E-state index in [4.69, 9.17) is 21.1 Å². The number of carbonyl (C=O) groups is 2. The fraction of sp³-hybridized carbons (Fsp3) is 0.417. The van der Waals surface area contributed by atoms with E-state index in [-0.39, 0.29) is 23.9 Å². The molecule has 2 aromatic rings. The SMILES string of the molecule is CCCCC(=O)Oc1ccc(-c2ccc(C(=O)OCC(Cl)C(C)CC)cc2)cc1. The third-order valence-electron chi connectivity index (χ3n) is 4.91. The molecular weight excluding hydrogens is 388 g/mol. The molecule has 0 spiro atoms. The fourth-order valence-electron chi connectivity index (χ4n) is 2.68. The van der Waals surface area contributed by atoms with Crippen LogP contribution in [0.5, 0.6) is 5.75 Å². The van der Waals surface area contributed by atoms with Crippen molar-refractivity contribution in [3.63, 3.8) is 0 Å². The van der Waals surface area contributed by atoms with E-state index in [1.54, 1.807) is 24.3 Å². The molecule has 0 radical (unpaired) electrons. The summed E-state index contributed by atoms with van der Waals surface area (Å²) in [6, 6.07) is 14.5. The minimum atomic E-state index is -0.375. The van der Waals surface area contributed by atoms with Crippen LogP contribution >= 0.6 is 11.6 Å². The van der Waals surface area contributed by atoms with E-state index in [0.717, 1.165) is 30.4 Å². The Labute approximate surface area is 178 Å².